The first-order valence-corrected chi connectivity index (χ1v) is 15.0. The fourth-order valence-electron chi connectivity index (χ4n) is 4.19. The van der Waals surface area contributed by atoms with E-state index in [-0.39, 0.29) is 35.6 Å². The van der Waals surface area contributed by atoms with Crippen molar-refractivity contribution < 1.29 is 23.8 Å². The minimum Gasteiger partial charge on any atom is -0.486 e. The predicted molar refractivity (Wildman–Crippen MR) is 176 cm³/mol. The maximum absolute atomic E-state index is 12.7. The number of carbonyl (C=O) groups is 2. The Kier molecular flexibility index (Phi) is 11.7. The Morgan fingerprint density at radius 1 is 1.02 bits per heavy atom. The highest BCUT2D eigenvalue weighted by Crippen LogP contribution is 2.36. The van der Waals surface area contributed by atoms with Crippen LogP contribution < -0.4 is 25.5 Å². The van der Waals surface area contributed by atoms with Gasteiger partial charge in [-0.1, -0.05) is 70.7 Å². The third kappa shape index (κ3) is 8.55. The quantitative estimate of drug-likeness (QED) is 0.0874. The first kappa shape index (κ1) is 33.4. The molecule has 0 bridgehead atoms. The van der Waals surface area contributed by atoms with Crippen LogP contribution in [0.5, 0.6) is 11.5 Å². The second-order valence-electron chi connectivity index (χ2n) is 9.25. The first-order valence-electron chi connectivity index (χ1n) is 13.1. The molecule has 9 nitrogen and oxygen atoms in total. The third-order valence-corrected chi connectivity index (χ3v) is 7.53. The number of hydrazone groups is 1. The molecule has 14 heteroatoms. The topological polar surface area (TPSA) is 110 Å². The lowest BCUT2D eigenvalue weighted by Crippen LogP contribution is -2.45. The number of halogens is 4. The number of hydrogen-bond donors (Lipinski definition) is 3. The molecule has 0 saturated heterocycles. The summed E-state index contributed by atoms with van der Waals surface area (Å²) in [5, 5.41) is 11.8. The number of ether oxygens (including phenoxy) is 3. The zero-order valence-corrected chi connectivity index (χ0v) is 27.2. The number of hydrogen-bond acceptors (Lipinski definition) is 7. The van der Waals surface area contributed by atoms with Crippen molar-refractivity contribution in [1.82, 2.24) is 16.1 Å². The second kappa shape index (κ2) is 15.5. The SMILES string of the molecule is CCOC(=O)C1=C(C)NC(=S)N[C@@H]1c1ccccc1OCC(=O)NN=Cc1cc(Cl)c(OCc2ccc(Cl)cc2Cl)c(Cl)c1. The highest BCUT2D eigenvalue weighted by atomic mass is 35.5. The van der Waals surface area contributed by atoms with Crippen molar-refractivity contribution in [3.8, 4) is 11.5 Å². The number of nitrogens with zero attached hydrogens (tertiary/aromatic N) is 1. The van der Waals surface area contributed by atoms with Gasteiger partial charge in [0.25, 0.3) is 5.91 Å². The fourth-order valence-corrected chi connectivity index (χ4v) is 5.54. The van der Waals surface area contributed by atoms with Crippen molar-refractivity contribution in [2.24, 2.45) is 5.10 Å². The molecule has 0 saturated carbocycles. The molecule has 230 valence electrons. The molecule has 1 atom stereocenters. The number of allylic oxidation sites excluding steroid dienone is 1. The van der Waals surface area contributed by atoms with Crippen molar-refractivity contribution >= 4 is 81.8 Å². The number of carbonyl (C=O) groups excluding carboxylic acids is 2. The number of rotatable bonds is 11. The monoisotopic (exact) mass is 694 g/mol. The van der Waals surface area contributed by atoms with Crippen LogP contribution in [0.15, 0.2) is 71.0 Å². The van der Waals surface area contributed by atoms with E-state index in [9.17, 15) is 9.59 Å². The van der Waals surface area contributed by atoms with Crippen molar-refractivity contribution in [1.29, 1.82) is 0 Å². The number of amides is 1. The van der Waals surface area contributed by atoms with E-state index in [2.05, 4.69) is 21.2 Å². The third-order valence-electron chi connectivity index (χ3n) is 6.16. The molecule has 3 N–H and O–H groups in total. The highest BCUT2D eigenvalue weighted by molar-refractivity contribution is 7.80. The molecule has 0 aromatic heterocycles. The Morgan fingerprint density at radius 2 is 1.75 bits per heavy atom. The Balaban J connectivity index is 1.38. The normalized spacial score (nSPS) is 14.6. The lowest BCUT2D eigenvalue weighted by Gasteiger charge is -2.30. The van der Waals surface area contributed by atoms with Gasteiger partial charge >= 0.3 is 5.97 Å². The fraction of sp³-hybridized carbons (Fsp3) is 0.200. The van der Waals surface area contributed by atoms with Crippen LogP contribution in [0.1, 0.15) is 36.6 Å². The lowest BCUT2D eigenvalue weighted by atomic mass is 9.95. The standard InChI is InChI=1S/C30H26Cl4N4O5S/c1-3-41-29(40)26-16(2)36-30(44)37-27(26)20-6-4-5-7-24(20)42-15-25(39)38-35-13-17-10-22(33)28(23(34)11-17)43-14-18-8-9-19(31)12-21(18)32/h4-13,27H,3,14-15H2,1-2H3,(H,38,39)(H2,36,37,44)/t27-/m1/s1. The molecule has 0 spiro atoms. The molecule has 3 aromatic rings. The summed E-state index contributed by atoms with van der Waals surface area (Å²) >= 11 is 30.2. The smallest absolute Gasteiger partial charge is 0.338 e. The number of para-hydroxylation sites is 1. The highest BCUT2D eigenvalue weighted by Gasteiger charge is 2.32. The molecule has 0 unspecified atom stereocenters. The molecule has 1 heterocycles. The average molecular weight is 696 g/mol. The van der Waals surface area contributed by atoms with Crippen LogP contribution in [0.4, 0.5) is 0 Å². The van der Waals surface area contributed by atoms with E-state index in [4.69, 9.17) is 72.8 Å². The first-order chi connectivity index (χ1) is 21.1. The van der Waals surface area contributed by atoms with Gasteiger partial charge in [-0.05, 0) is 62.0 Å². The van der Waals surface area contributed by atoms with Gasteiger partial charge in [-0.15, -0.1) is 0 Å². The summed E-state index contributed by atoms with van der Waals surface area (Å²) in [6.45, 7) is 3.44. The summed E-state index contributed by atoms with van der Waals surface area (Å²) in [6.07, 6.45) is 1.38. The lowest BCUT2D eigenvalue weighted by molar-refractivity contribution is -0.139. The van der Waals surface area contributed by atoms with Crippen LogP contribution in [0, 0.1) is 0 Å². The van der Waals surface area contributed by atoms with Gasteiger partial charge in [0.15, 0.2) is 17.5 Å². The van der Waals surface area contributed by atoms with Crippen LogP contribution in [0.3, 0.4) is 0 Å². The molecular weight excluding hydrogens is 670 g/mol. The van der Waals surface area contributed by atoms with Crippen molar-refractivity contribution in [2.75, 3.05) is 13.2 Å². The van der Waals surface area contributed by atoms with Gasteiger partial charge in [0.05, 0.1) is 34.5 Å². The summed E-state index contributed by atoms with van der Waals surface area (Å²) in [6, 6.07) is 14.6. The maximum atomic E-state index is 12.7. The minimum absolute atomic E-state index is 0.127. The molecule has 0 aliphatic carbocycles. The van der Waals surface area contributed by atoms with E-state index < -0.39 is 17.9 Å². The molecule has 0 radical (unpaired) electrons. The number of esters is 1. The summed E-state index contributed by atoms with van der Waals surface area (Å²) in [5.41, 5.74) is 5.14. The molecule has 44 heavy (non-hydrogen) atoms. The Morgan fingerprint density at radius 3 is 2.45 bits per heavy atom. The molecule has 3 aromatic carbocycles. The zero-order valence-electron chi connectivity index (χ0n) is 23.4. The summed E-state index contributed by atoms with van der Waals surface area (Å²) in [4.78, 5) is 25.3. The number of nitrogens with one attached hydrogen (secondary N) is 3. The number of benzene rings is 3. The van der Waals surface area contributed by atoms with Crippen LogP contribution in [-0.4, -0.2) is 36.4 Å². The van der Waals surface area contributed by atoms with E-state index in [1.54, 1.807) is 68.4 Å². The number of thiocarbonyl (C=S) groups is 1. The van der Waals surface area contributed by atoms with Crippen LogP contribution in [0.25, 0.3) is 0 Å². The molecule has 1 amide bonds. The van der Waals surface area contributed by atoms with E-state index in [0.717, 1.165) is 0 Å². The van der Waals surface area contributed by atoms with Gasteiger partial charge in [-0.2, -0.15) is 5.10 Å². The Labute approximate surface area is 279 Å². The van der Waals surface area contributed by atoms with E-state index >= 15 is 0 Å². The van der Waals surface area contributed by atoms with Crippen molar-refractivity contribution in [3.05, 3.63) is 103 Å². The van der Waals surface area contributed by atoms with E-state index in [1.807, 2.05) is 0 Å². The second-order valence-corrected chi connectivity index (χ2v) is 11.3. The molecule has 4 rings (SSSR count). The van der Waals surface area contributed by atoms with Crippen LogP contribution >= 0.6 is 58.6 Å². The van der Waals surface area contributed by atoms with Crippen molar-refractivity contribution in [3.63, 3.8) is 0 Å². The zero-order chi connectivity index (χ0) is 31.8. The molecule has 1 aliphatic rings. The minimum atomic E-state index is -0.648. The summed E-state index contributed by atoms with van der Waals surface area (Å²) < 4.78 is 16.8. The van der Waals surface area contributed by atoms with E-state index in [1.165, 1.54) is 6.21 Å². The molecular formula is C30H26Cl4N4O5S. The van der Waals surface area contributed by atoms with Gasteiger partial charge < -0.3 is 24.8 Å². The molecule has 1 aliphatic heterocycles. The maximum Gasteiger partial charge on any atom is 0.338 e. The van der Waals surface area contributed by atoms with E-state index in [0.29, 0.717) is 48.9 Å². The largest absolute Gasteiger partial charge is 0.486 e. The van der Waals surface area contributed by atoms with Crippen molar-refractivity contribution in [2.45, 2.75) is 26.5 Å². The van der Waals surface area contributed by atoms with Gasteiger partial charge in [-0.3, -0.25) is 4.79 Å². The van der Waals surface area contributed by atoms with Gasteiger partial charge in [0.2, 0.25) is 0 Å². The molecule has 0 fully saturated rings. The van der Waals surface area contributed by atoms with Crippen LogP contribution in [0.2, 0.25) is 20.1 Å². The van der Waals surface area contributed by atoms with Gasteiger partial charge in [0, 0.05) is 26.9 Å². The predicted octanol–water partition coefficient (Wildman–Crippen LogP) is 6.76. The van der Waals surface area contributed by atoms with Gasteiger partial charge in [0.1, 0.15) is 12.4 Å². The summed E-state index contributed by atoms with van der Waals surface area (Å²) in [7, 11) is 0. The van der Waals surface area contributed by atoms with Crippen LogP contribution in [-0.2, 0) is 20.9 Å². The Hall–Kier alpha value is -3.54. The average Bonchev–Trinajstić information content (AvgIpc) is 2.96. The summed E-state index contributed by atoms with van der Waals surface area (Å²) in [5.74, 6) is -0.380. The Bertz CT molecular complexity index is 1630. The van der Waals surface area contributed by atoms with Gasteiger partial charge in [-0.25, -0.2) is 10.2 Å².